The number of carbonyl (C=O) groups excluding carboxylic acids is 1. The Hall–Kier alpha value is -0.660. The summed E-state index contributed by atoms with van der Waals surface area (Å²) in [5.41, 5.74) is -0.540. The Balaban J connectivity index is 2.39. The lowest BCUT2D eigenvalue weighted by Crippen LogP contribution is -2.52. The first kappa shape index (κ1) is 14.4. The Morgan fingerprint density at radius 2 is 2.12 bits per heavy atom. The lowest BCUT2D eigenvalue weighted by molar-refractivity contribution is -0.126. The summed E-state index contributed by atoms with van der Waals surface area (Å²) in [6.45, 7) is 2.83. The van der Waals surface area contributed by atoms with Crippen molar-refractivity contribution in [1.29, 1.82) is 0 Å². The first-order valence-corrected chi connectivity index (χ1v) is 7.32. The van der Waals surface area contributed by atoms with E-state index in [1.807, 2.05) is 6.92 Å². The molecule has 1 rings (SSSR count). The first-order chi connectivity index (χ1) is 7.78. The van der Waals surface area contributed by atoms with Crippen LogP contribution < -0.4 is 10.6 Å². The lowest BCUT2D eigenvalue weighted by atomic mass is 9.99. The molecule has 0 saturated carbocycles. The van der Waals surface area contributed by atoms with Gasteiger partial charge in [0.1, 0.15) is 0 Å². The second-order valence-corrected chi connectivity index (χ2v) is 7.02. The van der Waals surface area contributed by atoms with Gasteiger partial charge in [-0.25, -0.2) is 12.7 Å². The molecule has 0 bridgehead atoms. The van der Waals surface area contributed by atoms with Crippen LogP contribution in [0.1, 0.15) is 19.8 Å². The van der Waals surface area contributed by atoms with E-state index in [0.29, 0.717) is 0 Å². The van der Waals surface area contributed by atoms with E-state index in [1.54, 1.807) is 0 Å². The number of hydrogen-bond acceptors (Lipinski definition) is 4. The maximum absolute atomic E-state index is 11.8. The van der Waals surface area contributed by atoms with Crippen LogP contribution >= 0.6 is 0 Å². The van der Waals surface area contributed by atoms with Crippen molar-refractivity contribution in [3.05, 3.63) is 0 Å². The quantitative estimate of drug-likeness (QED) is 0.676. The molecule has 17 heavy (non-hydrogen) atoms. The van der Waals surface area contributed by atoms with Gasteiger partial charge >= 0.3 is 0 Å². The van der Waals surface area contributed by atoms with Crippen molar-refractivity contribution in [2.45, 2.75) is 25.3 Å². The Bertz CT molecular complexity index is 372. The monoisotopic (exact) mass is 263 g/mol. The van der Waals surface area contributed by atoms with Crippen LogP contribution in [-0.2, 0) is 14.8 Å². The van der Waals surface area contributed by atoms with Crippen molar-refractivity contribution in [2.24, 2.45) is 0 Å². The second-order valence-electron chi connectivity index (χ2n) is 4.72. The molecule has 0 spiro atoms. The molecule has 1 atom stereocenters. The van der Waals surface area contributed by atoms with Crippen molar-refractivity contribution in [3.8, 4) is 0 Å². The Morgan fingerprint density at radius 1 is 1.47 bits per heavy atom. The molecule has 1 unspecified atom stereocenters. The number of hydrogen-bond donors (Lipinski definition) is 2. The third-order valence-corrected chi connectivity index (χ3v) is 4.90. The average molecular weight is 263 g/mol. The van der Waals surface area contributed by atoms with E-state index in [1.165, 1.54) is 14.1 Å². The van der Waals surface area contributed by atoms with E-state index < -0.39 is 15.6 Å². The zero-order valence-corrected chi connectivity index (χ0v) is 11.4. The molecule has 6 nitrogen and oxygen atoms in total. The van der Waals surface area contributed by atoms with E-state index in [-0.39, 0.29) is 18.2 Å². The Labute approximate surface area is 103 Å². The molecule has 1 fully saturated rings. The minimum Gasteiger partial charge on any atom is -0.353 e. The highest BCUT2D eigenvalue weighted by Gasteiger charge is 2.35. The minimum atomic E-state index is -3.24. The van der Waals surface area contributed by atoms with Gasteiger partial charge in [-0.2, -0.15) is 0 Å². The third kappa shape index (κ3) is 3.65. The Morgan fingerprint density at radius 3 is 2.59 bits per heavy atom. The number of sulfonamides is 1. The summed E-state index contributed by atoms with van der Waals surface area (Å²) in [6, 6.07) is 0. The minimum absolute atomic E-state index is 0.0676. The van der Waals surface area contributed by atoms with Crippen molar-refractivity contribution < 1.29 is 13.2 Å². The maximum Gasteiger partial charge on any atom is 0.240 e. The molecule has 1 heterocycles. The Kier molecular flexibility index (Phi) is 4.51. The van der Waals surface area contributed by atoms with Crippen LogP contribution in [0.4, 0.5) is 0 Å². The molecular weight excluding hydrogens is 242 g/mol. The van der Waals surface area contributed by atoms with Crippen LogP contribution in [0.25, 0.3) is 0 Å². The highest BCUT2D eigenvalue weighted by molar-refractivity contribution is 7.89. The van der Waals surface area contributed by atoms with Crippen molar-refractivity contribution in [2.75, 3.05) is 32.9 Å². The van der Waals surface area contributed by atoms with E-state index >= 15 is 0 Å². The smallest absolute Gasteiger partial charge is 0.240 e. The van der Waals surface area contributed by atoms with Gasteiger partial charge in [0.2, 0.25) is 15.9 Å². The number of rotatable bonds is 5. The number of amides is 1. The van der Waals surface area contributed by atoms with Crippen LogP contribution in [0, 0.1) is 0 Å². The molecule has 0 aromatic carbocycles. The van der Waals surface area contributed by atoms with Crippen molar-refractivity contribution in [1.82, 2.24) is 14.9 Å². The molecule has 100 valence electrons. The summed E-state index contributed by atoms with van der Waals surface area (Å²) in [5.74, 6) is -0.189. The number of nitrogens with one attached hydrogen (secondary N) is 2. The first-order valence-electron chi connectivity index (χ1n) is 5.71. The van der Waals surface area contributed by atoms with E-state index in [4.69, 9.17) is 0 Å². The van der Waals surface area contributed by atoms with Crippen LogP contribution in [-0.4, -0.2) is 57.1 Å². The van der Waals surface area contributed by atoms with Gasteiger partial charge in [-0.05, 0) is 26.3 Å². The fourth-order valence-corrected chi connectivity index (χ4v) is 2.48. The maximum atomic E-state index is 11.8. The number of nitrogens with zero attached hydrogens (tertiary/aromatic N) is 1. The summed E-state index contributed by atoms with van der Waals surface area (Å²) in [4.78, 5) is 11.8. The van der Waals surface area contributed by atoms with E-state index in [2.05, 4.69) is 10.6 Å². The third-order valence-electron chi connectivity index (χ3n) is 3.07. The van der Waals surface area contributed by atoms with Gasteiger partial charge in [-0.15, -0.1) is 0 Å². The molecule has 7 heteroatoms. The highest BCUT2D eigenvalue weighted by Crippen LogP contribution is 2.18. The summed E-state index contributed by atoms with van der Waals surface area (Å²) in [5, 5.41) is 5.80. The fourth-order valence-electron chi connectivity index (χ4n) is 1.76. The van der Waals surface area contributed by atoms with Gasteiger partial charge in [0.15, 0.2) is 0 Å². The van der Waals surface area contributed by atoms with Crippen LogP contribution in [0.2, 0.25) is 0 Å². The predicted molar refractivity (Wildman–Crippen MR) is 66.1 cm³/mol. The zero-order chi connectivity index (χ0) is 13.1. The SMILES string of the molecule is CN(C)S(=O)(=O)CCNC(=O)C1(C)CCCN1. The highest BCUT2D eigenvalue weighted by atomic mass is 32.2. The average Bonchev–Trinajstić information content (AvgIpc) is 2.66. The predicted octanol–water partition coefficient (Wildman–Crippen LogP) is -0.864. The van der Waals surface area contributed by atoms with E-state index in [9.17, 15) is 13.2 Å². The number of carbonyl (C=O) groups is 1. The zero-order valence-electron chi connectivity index (χ0n) is 10.6. The van der Waals surface area contributed by atoms with E-state index in [0.717, 1.165) is 23.7 Å². The van der Waals surface area contributed by atoms with Gasteiger partial charge in [0, 0.05) is 20.6 Å². The molecule has 0 aromatic heterocycles. The van der Waals surface area contributed by atoms with Crippen LogP contribution in [0.15, 0.2) is 0 Å². The van der Waals surface area contributed by atoms with Crippen molar-refractivity contribution in [3.63, 3.8) is 0 Å². The molecule has 1 aliphatic rings. The van der Waals surface area contributed by atoms with Gasteiger partial charge in [0.25, 0.3) is 0 Å². The molecule has 1 aliphatic heterocycles. The topological polar surface area (TPSA) is 78.5 Å². The lowest BCUT2D eigenvalue weighted by Gasteiger charge is -2.23. The normalized spacial score (nSPS) is 25.2. The summed E-state index contributed by atoms with van der Waals surface area (Å²) in [7, 11) is -0.273. The molecule has 1 saturated heterocycles. The van der Waals surface area contributed by atoms with Gasteiger partial charge in [0.05, 0.1) is 11.3 Å². The van der Waals surface area contributed by atoms with Gasteiger partial charge < -0.3 is 10.6 Å². The van der Waals surface area contributed by atoms with Crippen molar-refractivity contribution >= 4 is 15.9 Å². The second kappa shape index (κ2) is 5.32. The molecule has 1 amide bonds. The summed E-state index contributed by atoms with van der Waals surface area (Å²) >= 11 is 0. The molecule has 2 N–H and O–H groups in total. The van der Waals surface area contributed by atoms with Gasteiger partial charge in [-0.3, -0.25) is 4.79 Å². The largest absolute Gasteiger partial charge is 0.353 e. The van der Waals surface area contributed by atoms with Crippen LogP contribution in [0.5, 0.6) is 0 Å². The summed E-state index contributed by atoms with van der Waals surface area (Å²) < 4.78 is 24.1. The van der Waals surface area contributed by atoms with Gasteiger partial charge in [-0.1, -0.05) is 0 Å². The van der Waals surface area contributed by atoms with Crippen LogP contribution in [0.3, 0.4) is 0 Å². The molecule has 0 aromatic rings. The summed E-state index contributed by atoms with van der Waals surface area (Å²) in [6.07, 6.45) is 1.76. The fraction of sp³-hybridized carbons (Fsp3) is 0.900. The standard InChI is InChI=1S/C10H21N3O3S/c1-10(5-4-6-12-10)9(14)11-7-8-17(15,16)13(2)3/h12H,4-8H2,1-3H3,(H,11,14). The molecular formula is C10H21N3O3S. The molecule has 0 radical (unpaired) electrons. The molecule has 0 aliphatic carbocycles.